The van der Waals surface area contributed by atoms with Crippen molar-refractivity contribution in [1.29, 1.82) is 0 Å². The molecule has 1 aromatic rings. The Morgan fingerprint density at radius 2 is 2.62 bits per heavy atom. The number of aromatic nitrogens is 2. The normalized spacial score (nSPS) is 24.8. The van der Waals surface area contributed by atoms with Crippen LogP contribution < -0.4 is 11.1 Å². The SMILES string of the molecule is COC[C@H]1C[C@H](n2cc(C(N)=O)cn2)CN1. The van der Waals surface area contributed by atoms with Gasteiger partial charge in [-0.15, -0.1) is 0 Å². The van der Waals surface area contributed by atoms with Crippen LogP contribution in [0.2, 0.25) is 0 Å². The Kier molecular flexibility index (Phi) is 3.21. The first kappa shape index (κ1) is 11.1. The molecule has 3 N–H and O–H groups in total. The average molecular weight is 224 g/mol. The van der Waals surface area contributed by atoms with E-state index >= 15 is 0 Å². The molecule has 2 heterocycles. The molecule has 16 heavy (non-hydrogen) atoms. The van der Waals surface area contributed by atoms with Crippen molar-refractivity contribution in [2.24, 2.45) is 5.73 Å². The summed E-state index contributed by atoms with van der Waals surface area (Å²) >= 11 is 0. The maximum absolute atomic E-state index is 10.9. The average Bonchev–Trinajstić information content (AvgIpc) is 2.84. The highest BCUT2D eigenvalue weighted by molar-refractivity contribution is 5.92. The zero-order valence-electron chi connectivity index (χ0n) is 9.22. The summed E-state index contributed by atoms with van der Waals surface area (Å²) in [6, 6.07) is 0.629. The van der Waals surface area contributed by atoms with E-state index in [4.69, 9.17) is 10.5 Å². The van der Waals surface area contributed by atoms with Crippen molar-refractivity contribution >= 4 is 5.91 Å². The number of nitrogens with two attached hydrogens (primary N) is 1. The zero-order chi connectivity index (χ0) is 11.5. The Labute approximate surface area is 93.8 Å². The third kappa shape index (κ3) is 2.23. The van der Waals surface area contributed by atoms with Crippen LogP contribution in [-0.2, 0) is 4.74 Å². The van der Waals surface area contributed by atoms with Gasteiger partial charge in [0.25, 0.3) is 5.91 Å². The minimum atomic E-state index is -0.439. The van der Waals surface area contributed by atoms with Crippen LogP contribution in [0.1, 0.15) is 22.8 Å². The van der Waals surface area contributed by atoms with Crippen molar-refractivity contribution in [3.8, 4) is 0 Å². The maximum Gasteiger partial charge on any atom is 0.251 e. The summed E-state index contributed by atoms with van der Waals surface area (Å²) in [5, 5.41) is 7.49. The van der Waals surface area contributed by atoms with Gasteiger partial charge in [-0.05, 0) is 6.42 Å². The fraction of sp³-hybridized carbons (Fsp3) is 0.600. The highest BCUT2D eigenvalue weighted by Crippen LogP contribution is 2.19. The van der Waals surface area contributed by atoms with E-state index in [1.54, 1.807) is 18.0 Å². The van der Waals surface area contributed by atoms with Crippen molar-refractivity contribution < 1.29 is 9.53 Å². The smallest absolute Gasteiger partial charge is 0.251 e. The van der Waals surface area contributed by atoms with Crippen LogP contribution in [0.5, 0.6) is 0 Å². The predicted octanol–water partition coefficient (Wildman–Crippen LogP) is -0.469. The first-order valence-corrected chi connectivity index (χ1v) is 5.27. The van der Waals surface area contributed by atoms with Crippen LogP contribution in [0.25, 0.3) is 0 Å². The minimum Gasteiger partial charge on any atom is -0.383 e. The molecular formula is C10H16N4O2. The van der Waals surface area contributed by atoms with Gasteiger partial charge < -0.3 is 15.8 Å². The first-order valence-electron chi connectivity index (χ1n) is 5.27. The number of amides is 1. The number of carbonyl (C=O) groups excluding carboxylic acids is 1. The number of nitrogens with one attached hydrogen (secondary N) is 1. The lowest BCUT2D eigenvalue weighted by atomic mass is 10.2. The van der Waals surface area contributed by atoms with Crippen LogP contribution in [0.15, 0.2) is 12.4 Å². The standard InChI is InChI=1S/C10H16N4O2/c1-16-6-8-2-9(4-12-8)14-5-7(3-13-14)10(11)15/h3,5,8-9,12H,2,4,6H2,1H3,(H2,11,15)/t8-,9+/m1/s1. The van der Waals surface area contributed by atoms with E-state index in [0.29, 0.717) is 18.2 Å². The van der Waals surface area contributed by atoms with Gasteiger partial charge >= 0.3 is 0 Å². The monoisotopic (exact) mass is 224 g/mol. The molecule has 0 radical (unpaired) electrons. The second kappa shape index (κ2) is 4.63. The number of hydrogen-bond acceptors (Lipinski definition) is 4. The van der Waals surface area contributed by atoms with Crippen molar-refractivity contribution in [2.75, 3.05) is 20.3 Å². The molecule has 1 aromatic heterocycles. The summed E-state index contributed by atoms with van der Waals surface area (Å²) in [4.78, 5) is 10.9. The number of carbonyl (C=O) groups is 1. The topological polar surface area (TPSA) is 82.2 Å². The molecule has 6 heteroatoms. The Morgan fingerprint density at radius 1 is 1.81 bits per heavy atom. The van der Waals surface area contributed by atoms with Crippen molar-refractivity contribution in [3.63, 3.8) is 0 Å². The molecule has 1 aliphatic heterocycles. The number of primary amides is 1. The lowest BCUT2D eigenvalue weighted by Crippen LogP contribution is -2.25. The number of ether oxygens (including phenoxy) is 1. The summed E-state index contributed by atoms with van der Waals surface area (Å²) in [6.07, 6.45) is 4.16. The van der Waals surface area contributed by atoms with E-state index < -0.39 is 5.91 Å². The Morgan fingerprint density at radius 3 is 3.25 bits per heavy atom. The third-order valence-corrected chi connectivity index (χ3v) is 2.83. The molecule has 0 saturated carbocycles. The molecule has 2 atom stereocenters. The number of rotatable bonds is 4. The molecule has 0 bridgehead atoms. The van der Waals surface area contributed by atoms with E-state index in [9.17, 15) is 4.79 Å². The maximum atomic E-state index is 10.9. The summed E-state index contributed by atoms with van der Waals surface area (Å²) in [5.74, 6) is -0.439. The van der Waals surface area contributed by atoms with E-state index in [0.717, 1.165) is 13.0 Å². The molecule has 88 valence electrons. The predicted molar refractivity (Wildman–Crippen MR) is 58.1 cm³/mol. The Hall–Kier alpha value is -1.40. The van der Waals surface area contributed by atoms with Gasteiger partial charge in [0.2, 0.25) is 0 Å². The molecule has 0 spiro atoms. The minimum absolute atomic E-state index is 0.272. The van der Waals surface area contributed by atoms with E-state index in [2.05, 4.69) is 10.4 Å². The van der Waals surface area contributed by atoms with E-state index in [1.807, 2.05) is 0 Å². The van der Waals surface area contributed by atoms with Crippen molar-refractivity contribution in [3.05, 3.63) is 18.0 Å². The lowest BCUT2D eigenvalue weighted by Gasteiger charge is -2.09. The molecule has 1 amide bonds. The molecule has 1 fully saturated rings. The van der Waals surface area contributed by atoms with Gasteiger partial charge in [-0.1, -0.05) is 0 Å². The Bertz CT molecular complexity index is 377. The molecule has 0 aromatic carbocycles. The Balaban J connectivity index is 2.00. The highest BCUT2D eigenvalue weighted by Gasteiger charge is 2.25. The van der Waals surface area contributed by atoms with E-state index in [-0.39, 0.29) is 6.04 Å². The highest BCUT2D eigenvalue weighted by atomic mass is 16.5. The van der Waals surface area contributed by atoms with Crippen molar-refractivity contribution in [1.82, 2.24) is 15.1 Å². The number of methoxy groups -OCH3 is 1. The van der Waals surface area contributed by atoms with Gasteiger partial charge in [0.05, 0.1) is 24.4 Å². The van der Waals surface area contributed by atoms with Crippen LogP contribution in [-0.4, -0.2) is 42.0 Å². The quantitative estimate of drug-likeness (QED) is 0.724. The molecule has 0 unspecified atom stereocenters. The first-order chi connectivity index (χ1) is 7.70. The number of nitrogens with zero attached hydrogens (tertiary/aromatic N) is 2. The molecule has 1 aliphatic rings. The fourth-order valence-corrected chi connectivity index (χ4v) is 1.99. The summed E-state index contributed by atoms with van der Waals surface area (Å²) < 4.78 is 6.88. The van der Waals surface area contributed by atoms with Gasteiger partial charge in [-0.25, -0.2) is 0 Å². The van der Waals surface area contributed by atoms with Crippen LogP contribution in [0.4, 0.5) is 0 Å². The summed E-state index contributed by atoms with van der Waals surface area (Å²) in [6.45, 7) is 1.54. The van der Waals surface area contributed by atoms with Crippen LogP contribution in [0.3, 0.4) is 0 Å². The van der Waals surface area contributed by atoms with Gasteiger partial charge in [0, 0.05) is 25.9 Å². The van der Waals surface area contributed by atoms with E-state index in [1.165, 1.54) is 6.20 Å². The molecule has 1 saturated heterocycles. The second-order valence-electron chi connectivity index (χ2n) is 4.02. The fourth-order valence-electron chi connectivity index (χ4n) is 1.99. The van der Waals surface area contributed by atoms with Gasteiger partial charge in [-0.2, -0.15) is 5.10 Å². The summed E-state index contributed by atoms with van der Waals surface area (Å²) in [5.41, 5.74) is 5.63. The molecule has 2 rings (SSSR count). The molecule has 6 nitrogen and oxygen atoms in total. The van der Waals surface area contributed by atoms with Gasteiger partial charge in [0.15, 0.2) is 0 Å². The third-order valence-electron chi connectivity index (χ3n) is 2.83. The van der Waals surface area contributed by atoms with Gasteiger partial charge in [0.1, 0.15) is 0 Å². The zero-order valence-corrected chi connectivity index (χ0v) is 9.22. The van der Waals surface area contributed by atoms with Gasteiger partial charge in [-0.3, -0.25) is 9.48 Å². The van der Waals surface area contributed by atoms with Crippen LogP contribution >= 0.6 is 0 Å². The summed E-state index contributed by atoms with van der Waals surface area (Å²) in [7, 11) is 1.69. The van der Waals surface area contributed by atoms with Crippen molar-refractivity contribution in [2.45, 2.75) is 18.5 Å². The second-order valence-corrected chi connectivity index (χ2v) is 4.02. The largest absolute Gasteiger partial charge is 0.383 e. The molecule has 0 aliphatic carbocycles. The molecular weight excluding hydrogens is 208 g/mol. The van der Waals surface area contributed by atoms with Crippen LogP contribution in [0, 0.1) is 0 Å². The lowest BCUT2D eigenvalue weighted by molar-refractivity contribution is 0.1000. The number of hydrogen-bond donors (Lipinski definition) is 2.